The number of nitrogens with zero attached hydrogens (tertiary/aromatic N) is 1. The molecule has 17 heavy (non-hydrogen) atoms. The van der Waals surface area contributed by atoms with Crippen molar-refractivity contribution in [3.05, 3.63) is 16.7 Å². The lowest BCUT2D eigenvalue weighted by molar-refractivity contribution is 0.227. The van der Waals surface area contributed by atoms with Gasteiger partial charge in [-0.3, -0.25) is 0 Å². The summed E-state index contributed by atoms with van der Waals surface area (Å²) in [7, 11) is 0. The molecule has 0 fully saturated rings. The van der Waals surface area contributed by atoms with Gasteiger partial charge in [0.2, 0.25) is 5.88 Å². The Morgan fingerprint density at radius 3 is 2.82 bits per heavy atom. The Labute approximate surface area is 112 Å². The van der Waals surface area contributed by atoms with Crippen LogP contribution in [0.1, 0.15) is 39.5 Å². The second kappa shape index (κ2) is 7.54. The third-order valence-corrected chi connectivity index (χ3v) is 3.28. The molecule has 0 radical (unpaired) electrons. The minimum atomic E-state index is 0.545. The van der Waals surface area contributed by atoms with E-state index in [1.165, 1.54) is 19.3 Å². The molecule has 0 saturated carbocycles. The molecule has 0 aliphatic rings. The second-order valence-corrected chi connectivity index (χ2v) is 5.19. The van der Waals surface area contributed by atoms with E-state index in [-0.39, 0.29) is 0 Å². The van der Waals surface area contributed by atoms with Crippen LogP contribution in [0.15, 0.2) is 16.7 Å². The second-order valence-electron chi connectivity index (χ2n) is 4.28. The lowest BCUT2D eigenvalue weighted by Gasteiger charge is -2.15. The van der Waals surface area contributed by atoms with Gasteiger partial charge in [0.25, 0.3) is 0 Å². The minimum absolute atomic E-state index is 0.545. The maximum Gasteiger partial charge on any atom is 0.237 e. The van der Waals surface area contributed by atoms with Crippen molar-refractivity contribution < 1.29 is 4.74 Å². The molecule has 0 bridgehead atoms. The normalized spacial score (nSPS) is 12.4. The first-order chi connectivity index (χ1) is 8.17. The van der Waals surface area contributed by atoms with E-state index in [0.29, 0.717) is 24.1 Å². The van der Waals surface area contributed by atoms with E-state index in [0.717, 1.165) is 10.9 Å². The van der Waals surface area contributed by atoms with E-state index in [9.17, 15) is 0 Å². The maximum atomic E-state index is 5.83. The van der Waals surface area contributed by atoms with Crippen molar-refractivity contribution in [2.24, 2.45) is 5.92 Å². The van der Waals surface area contributed by atoms with Crippen LogP contribution in [0.4, 0.5) is 5.69 Å². The van der Waals surface area contributed by atoms with E-state index < -0.39 is 0 Å². The summed E-state index contributed by atoms with van der Waals surface area (Å²) in [6.45, 7) is 5.11. The van der Waals surface area contributed by atoms with Gasteiger partial charge < -0.3 is 10.5 Å². The fourth-order valence-corrected chi connectivity index (χ4v) is 2.01. The van der Waals surface area contributed by atoms with Gasteiger partial charge >= 0.3 is 0 Å². The molecule has 0 aromatic carbocycles. The van der Waals surface area contributed by atoms with Crippen molar-refractivity contribution >= 4 is 21.6 Å². The Morgan fingerprint density at radius 1 is 1.47 bits per heavy atom. The number of halogens is 1. The van der Waals surface area contributed by atoms with Crippen molar-refractivity contribution in [2.75, 3.05) is 12.3 Å². The molecule has 96 valence electrons. The third kappa shape index (κ3) is 4.94. The molecule has 0 saturated heterocycles. The standard InChI is InChI=1S/C13H21BrN2O/c1-3-5-6-10(4-2)9-17-13-12(15)7-11(14)8-16-13/h7-8,10H,3-6,9,15H2,1-2H3. The van der Waals surface area contributed by atoms with Gasteiger partial charge in [-0.25, -0.2) is 4.98 Å². The maximum absolute atomic E-state index is 5.83. The first-order valence-electron chi connectivity index (χ1n) is 6.21. The Balaban J connectivity index is 2.47. The summed E-state index contributed by atoms with van der Waals surface area (Å²) in [6.07, 6.45) is 6.54. The van der Waals surface area contributed by atoms with Crippen molar-refractivity contribution in [1.29, 1.82) is 0 Å². The molecule has 3 nitrogen and oxygen atoms in total. The summed E-state index contributed by atoms with van der Waals surface area (Å²) >= 11 is 3.33. The molecule has 1 aromatic heterocycles. The molecule has 0 aliphatic heterocycles. The summed E-state index contributed by atoms with van der Waals surface area (Å²) in [6, 6.07) is 1.81. The van der Waals surface area contributed by atoms with Gasteiger partial charge in [0.15, 0.2) is 0 Å². The van der Waals surface area contributed by atoms with Gasteiger partial charge in [-0.15, -0.1) is 0 Å². The van der Waals surface area contributed by atoms with Crippen LogP contribution >= 0.6 is 15.9 Å². The zero-order chi connectivity index (χ0) is 12.7. The van der Waals surface area contributed by atoms with Crippen LogP contribution in [0, 0.1) is 5.92 Å². The molecule has 1 rings (SSSR count). The number of nitrogen functional groups attached to an aromatic ring is 1. The summed E-state index contributed by atoms with van der Waals surface area (Å²) in [5.41, 5.74) is 6.42. The number of hydrogen-bond acceptors (Lipinski definition) is 3. The van der Waals surface area contributed by atoms with E-state index in [1.54, 1.807) is 6.20 Å². The molecular weight excluding hydrogens is 280 g/mol. The number of aromatic nitrogens is 1. The van der Waals surface area contributed by atoms with E-state index in [4.69, 9.17) is 10.5 Å². The number of rotatable bonds is 7. The summed E-state index contributed by atoms with van der Waals surface area (Å²) in [5.74, 6) is 1.14. The van der Waals surface area contributed by atoms with Crippen LogP contribution in [0.5, 0.6) is 5.88 Å². The lowest BCUT2D eigenvalue weighted by Crippen LogP contribution is -2.12. The average molecular weight is 301 g/mol. The molecule has 4 heteroatoms. The fourth-order valence-electron chi connectivity index (χ4n) is 1.66. The van der Waals surface area contributed by atoms with Crippen molar-refractivity contribution in [3.8, 4) is 5.88 Å². The monoisotopic (exact) mass is 300 g/mol. The van der Waals surface area contributed by atoms with Crippen LogP contribution in [0.3, 0.4) is 0 Å². The van der Waals surface area contributed by atoms with Crippen LogP contribution in [0.25, 0.3) is 0 Å². The molecular formula is C13H21BrN2O. The van der Waals surface area contributed by atoms with Crippen LogP contribution < -0.4 is 10.5 Å². The zero-order valence-electron chi connectivity index (χ0n) is 10.6. The van der Waals surface area contributed by atoms with E-state index in [2.05, 4.69) is 34.8 Å². The number of anilines is 1. The molecule has 0 spiro atoms. The Hall–Kier alpha value is -0.770. The molecule has 1 aromatic rings. The Morgan fingerprint density at radius 2 is 2.24 bits per heavy atom. The smallest absolute Gasteiger partial charge is 0.237 e. The minimum Gasteiger partial charge on any atom is -0.476 e. The van der Waals surface area contributed by atoms with E-state index >= 15 is 0 Å². The highest BCUT2D eigenvalue weighted by molar-refractivity contribution is 9.10. The molecule has 1 atom stereocenters. The number of nitrogens with two attached hydrogens (primary N) is 1. The molecule has 0 aliphatic carbocycles. The first-order valence-corrected chi connectivity index (χ1v) is 7.00. The number of hydrogen-bond donors (Lipinski definition) is 1. The summed E-state index contributed by atoms with van der Waals surface area (Å²) in [4.78, 5) is 4.17. The lowest BCUT2D eigenvalue weighted by atomic mass is 10.0. The number of ether oxygens (including phenoxy) is 1. The zero-order valence-corrected chi connectivity index (χ0v) is 12.2. The highest BCUT2D eigenvalue weighted by Gasteiger charge is 2.09. The highest BCUT2D eigenvalue weighted by atomic mass is 79.9. The number of pyridine rings is 1. The third-order valence-electron chi connectivity index (χ3n) is 2.84. The summed E-state index contributed by atoms with van der Waals surface area (Å²) in [5, 5.41) is 0. The predicted molar refractivity (Wildman–Crippen MR) is 75.2 cm³/mol. The van der Waals surface area contributed by atoms with Crippen molar-refractivity contribution in [2.45, 2.75) is 39.5 Å². The quantitative estimate of drug-likeness (QED) is 0.827. The predicted octanol–water partition coefficient (Wildman–Crippen LogP) is 4.02. The first kappa shape index (κ1) is 14.3. The van der Waals surface area contributed by atoms with Gasteiger partial charge in [-0.05, 0) is 34.3 Å². The Bertz CT molecular complexity index is 344. The average Bonchev–Trinajstić information content (AvgIpc) is 2.31. The molecule has 1 unspecified atom stereocenters. The SMILES string of the molecule is CCCCC(CC)COc1ncc(Br)cc1N. The number of unbranched alkanes of at least 4 members (excludes halogenated alkanes) is 1. The van der Waals surface area contributed by atoms with Crippen molar-refractivity contribution in [3.63, 3.8) is 0 Å². The van der Waals surface area contributed by atoms with Gasteiger partial charge in [-0.2, -0.15) is 0 Å². The molecule has 0 amide bonds. The molecule has 2 N–H and O–H groups in total. The van der Waals surface area contributed by atoms with Gasteiger partial charge in [0, 0.05) is 10.7 Å². The fraction of sp³-hybridized carbons (Fsp3) is 0.615. The van der Waals surface area contributed by atoms with Gasteiger partial charge in [0.1, 0.15) is 0 Å². The Kier molecular flexibility index (Phi) is 6.34. The van der Waals surface area contributed by atoms with Crippen LogP contribution in [0.2, 0.25) is 0 Å². The largest absolute Gasteiger partial charge is 0.476 e. The van der Waals surface area contributed by atoms with Gasteiger partial charge in [-0.1, -0.05) is 33.1 Å². The van der Waals surface area contributed by atoms with Crippen LogP contribution in [-0.2, 0) is 0 Å². The van der Waals surface area contributed by atoms with E-state index in [1.807, 2.05) is 6.07 Å². The topological polar surface area (TPSA) is 48.1 Å². The highest BCUT2D eigenvalue weighted by Crippen LogP contribution is 2.23. The van der Waals surface area contributed by atoms with Crippen LogP contribution in [-0.4, -0.2) is 11.6 Å². The van der Waals surface area contributed by atoms with Gasteiger partial charge in [0.05, 0.1) is 12.3 Å². The van der Waals surface area contributed by atoms with Crippen molar-refractivity contribution in [1.82, 2.24) is 4.98 Å². The molecule has 1 heterocycles. The summed E-state index contributed by atoms with van der Waals surface area (Å²) < 4.78 is 6.56.